The van der Waals surface area contributed by atoms with Crippen LogP contribution in [-0.4, -0.2) is 41.1 Å². The number of ether oxygens (including phenoxy) is 1. The number of carbonyl (C=O) groups excluding carboxylic acids is 4. The molecule has 19 heavy (non-hydrogen) atoms. The van der Waals surface area contributed by atoms with Crippen LogP contribution in [-0.2, 0) is 24.0 Å². The van der Waals surface area contributed by atoms with Gasteiger partial charge in [0.05, 0.1) is 0 Å². The molecule has 0 unspecified atom stereocenters. The zero-order valence-electron chi connectivity index (χ0n) is 11.0. The highest BCUT2D eigenvalue weighted by molar-refractivity contribution is 6.01. The van der Waals surface area contributed by atoms with Gasteiger partial charge in [0.1, 0.15) is 12.1 Å². The highest BCUT2D eigenvalue weighted by Gasteiger charge is 2.32. The van der Waals surface area contributed by atoms with E-state index in [2.05, 4.69) is 10.2 Å². The van der Waals surface area contributed by atoms with Crippen LogP contribution in [0.15, 0.2) is 0 Å². The molecule has 1 fully saturated rings. The molecule has 0 aromatic rings. The Kier molecular flexibility index (Phi) is 4.47. The minimum atomic E-state index is -0.922. The molecule has 1 aliphatic rings. The van der Waals surface area contributed by atoms with Crippen molar-refractivity contribution in [3.05, 3.63) is 0 Å². The summed E-state index contributed by atoms with van der Waals surface area (Å²) in [4.78, 5) is 49.4. The van der Waals surface area contributed by atoms with Gasteiger partial charge in [0, 0.05) is 14.3 Å². The SMILES string of the molecule is CC(C)(C)OC(=O)NCC(=O)ON1C(=O)CCC1=O.[HH]. The molecule has 0 spiro atoms. The van der Waals surface area contributed by atoms with E-state index in [1.807, 2.05) is 0 Å². The summed E-state index contributed by atoms with van der Waals surface area (Å²) in [6.07, 6.45) is -0.749. The molecule has 1 N–H and O–H groups in total. The third-order valence-electron chi connectivity index (χ3n) is 1.97. The Bertz CT molecular complexity index is 402. The summed E-state index contributed by atoms with van der Waals surface area (Å²) < 4.78 is 4.90. The van der Waals surface area contributed by atoms with Gasteiger partial charge in [0.25, 0.3) is 11.8 Å². The second-order valence-electron chi connectivity index (χ2n) is 4.90. The van der Waals surface area contributed by atoms with Crippen molar-refractivity contribution in [3.63, 3.8) is 0 Å². The molecule has 8 nitrogen and oxygen atoms in total. The van der Waals surface area contributed by atoms with Crippen molar-refractivity contribution >= 4 is 23.9 Å². The molecule has 1 saturated heterocycles. The molecule has 0 aliphatic carbocycles. The Morgan fingerprint density at radius 2 is 1.79 bits per heavy atom. The molecule has 0 saturated carbocycles. The number of imide groups is 1. The van der Waals surface area contributed by atoms with Gasteiger partial charge in [0.15, 0.2) is 0 Å². The summed E-state index contributed by atoms with van der Waals surface area (Å²) >= 11 is 0. The van der Waals surface area contributed by atoms with Gasteiger partial charge in [-0.3, -0.25) is 9.59 Å². The summed E-state index contributed by atoms with van der Waals surface area (Å²) in [7, 11) is 0. The van der Waals surface area contributed by atoms with E-state index in [1.165, 1.54) is 0 Å². The van der Waals surface area contributed by atoms with Crippen LogP contribution in [0.1, 0.15) is 35.0 Å². The number of carbonyl (C=O) groups is 4. The zero-order valence-corrected chi connectivity index (χ0v) is 11.0. The molecule has 0 atom stereocenters. The Morgan fingerprint density at radius 3 is 2.26 bits per heavy atom. The average Bonchev–Trinajstić information content (AvgIpc) is 2.56. The maximum atomic E-state index is 11.3. The van der Waals surface area contributed by atoms with Gasteiger partial charge < -0.3 is 14.9 Å². The van der Waals surface area contributed by atoms with Gasteiger partial charge in [-0.2, -0.15) is 0 Å². The fourth-order valence-electron chi connectivity index (χ4n) is 1.25. The maximum Gasteiger partial charge on any atom is 0.408 e. The lowest BCUT2D eigenvalue weighted by Gasteiger charge is -2.19. The minimum Gasteiger partial charge on any atom is -0.444 e. The molecular formula is C11H18N2O6. The van der Waals surface area contributed by atoms with E-state index < -0.39 is 36.0 Å². The van der Waals surface area contributed by atoms with E-state index in [-0.39, 0.29) is 14.3 Å². The number of rotatable bonds is 3. The number of hydrogen-bond donors (Lipinski definition) is 1. The fourth-order valence-corrected chi connectivity index (χ4v) is 1.25. The number of amides is 3. The number of nitrogens with zero attached hydrogens (tertiary/aromatic N) is 1. The maximum absolute atomic E-state index is 11.3. The molecule has 1 aliphatic heterocycles. The molecular weight excluding hydrogens is 256 g/mol. The smallest absolute Gasteiger partial charge is 0.408 e. The first kappa shape index (κ1) is 14.9. The van der Waals surface area contributed by atoms with Gasteiger partial charge >= 0.3 is 12.1 Å². The van der Waals surface area contributed by atoms with Gasteiger partial charge in [-0.15, -0.1) is 5.06 Å². The second kappa shape index (κ2) is 5.68. The van der Waals surface area contributed by atoms with Crippen molar-refractivity contribution in [1.82, 2.24) is 10.4 Å². The Balaban J connectivity index is 0.00000361. The van der Waals surface area contributed by atoms with Crippen molar-refractivity contribution < 1.29 is 30.2 Å². The van der Waals surface area contributed by atoms with Crippen LogP contribution >= 0.6 is 0 Å². The van der Waals surface area contributed by atoms with Gasteiger partial charge in [0.2, 0.25) is 0 Å². The predicted octanol–water partition coefficient (Wildman–Crippen LogP) is 0.364. The largest absolute Gasteiger partial charge is 0.444 e. The van der Waals surface area contributed by atoms with E-state index in [1.54, 1.807) is 20.8 Å². The standard InChI is InChI=1S/C11H16N2O6.H2/c1-11(2,3)18-10(17)12-6-9(16)19-13-7(14)4-5-8(13)15;/h4-6H2,1-3H3,(H,12,17);1H. The molecule has 1 heterocycles. The molecule has 0 aromatic heterocycles. The summed E-state index contributed by atoms with van der Waals surface area (Å²) in [5.41, 5.74) is -0.686. The van der Waals surface area contributed by atoms with Crippen molar-refractivity contribution in [2.45, 2.75) is 39.2 Å². The van der Waals surface area contributed by atoms with Crippen molar-refractivity contribution in [3.8, 4) is 0 Å². The van der Waals surface area contributed by atoms with Crippen molar-refractivity contribution in [2.24, 2.45) is 0 Å². The third-order valence-corrected chi connectivity index (χ3v) is 1.97. The van der Waals surface area contributed by atoms with Crippen molar-refractivity contribution in [1.29, 1.82) is 0 Å². The van der Waals surface area contributed by atoms with Crippen LogP contribution in [0, 0.1) is 0 Å². The number of nitrogens with one attached hydrogen (secondary N) is 1. The van der Waals surface area contributed by atoms with Crippen LogP contribution in [0.3, 0.4) is 0 Å². The Hall–Kier alpha value is -2.12. The normalized spacial score (nSPS) is 15.4. The second-order valence-corrected chi connectivity index (χ2v) is 4.90. The van der Waals surface area contributed by atoms with Crippen LogP contribution in [0.5, 0.6) is 0 Å². The lowest BCUT2D eigenvalue weighted by Crippen LogP contribution is -2.39. The lowest BCUT2D eigenvalue weighted by molar-refractivity contribution is -0.196. The minimum absolute atomic E-state index is 0. The molecule has 0 aromatic carbocycles. The van der Waals surface area contributed by atoms with Crippen molar-refractivity contribution in [2.75, 3.05) is 6.54 Å². The van der Waals surface area contributed by atoms with E-state index in [4.69, 9.17) is 4.74 Å². The quantitative estimate of drug-likeness (QED) is 0.746. The summed E-state index contributed by atoms with van der Waals surface area (Å²) in [6.45, 7) is 4.53. The monoisotopic (exact) mass is 274 g/mol. The zero-order chi connectivity index (χ0) is 14.6. The molecule has 1 rings (SSSR count). The highest BCUT2D eigenvalue weighted by Crippen LogP contribution is 2.12. The van der Waals surface area contributed by atoms with Crippen LogP contribution in [0.2, 0.25) is 0 Å². The average molecular weight is 274 g/mol. The number of hydroxylamine groups is 2. The first-order valence-electron chi connectivity index (χ1n) is 5.72. The summed E-state index contributed by atoms with van der Waals surface area (Å²) in [5.74, 6) is -2.07. The predicted molar refractivity (Wildman–Crippen MR) is 63.5 cm³/mol. The van der Waals surface area contributed by atoms with Gasteiger partial charge in [-0.1, -0.05) is 0 Å². The third kappa shape index (κ3) is 4.94. The summed E-state index contributed by atoms with van der Waals surface area (Å²) in [6, 6.07) is 0. The number of alkyl carbamates (subject to hydrolysis) is 1. The van der Waals surface area contributed by atoms with Gasteiger partial charge in [-0.25, -0.2) is 9.59 Å². The molecule has 108 valence electrons. The molecule has 0 bridgehead atoms. The van der Waals surface area contributed by atoms with E-state index in [0.29, 0.717) is 5.06 Å². The topological polar surface area (TPSA) is 102 Å². The molecule has 8 heteroatoms. The fraction of sp³-hybridized carbons (Fsp3) is 0.636. The first-order chi connectivity index (χ1) is 8.69. The summed E-state index contributed by atoms with van der Waals surface area (Å²) in [5, 5.41) is 2.57. The van der Waals surface area contributed by atoms with Gasteiger partial charge in [-0.05, 0) is 20.8 Å². The molecule has 0 radical (unpaired) electrons. The van der Waals surface area contributed by atoms with Crippen LogP contribution < -0.4 is 5.32 Å². The van der Waals surface area contributed by atoms with E-state index in [9.17, 15) is 19.2 Å². The van der Waals surface area contributed by atoms with Crippen LogP contribution in [0.4, 0.5) is 4.79 Å². The van der Waals surface area contributed by atoms with Crippen LogP contribution in [0.25, 0.3) is 0 Å². The Morgan fingerprint density at radius 1 is 1.26 bits per heavy atom. The first-order valence-corrected chi connectivity index (χ1v) is 5.72. The van der Waals surface area contributed by atoms with E-state index in [0.717, 1.165) is 0 Å². The highest BCUT2D eigenvalue weighted by atomic mass is 16.7. The Labute approximate surface area is 111 Å². The lowest BCUT2D eigenvalue weighted by atomic mass is 10.2. The number of hydrogen-bond acceptors (Lipinski definition) is 6. The molecule has 3 amide bonds. The van der Waals surface area contributed by atoms with E-state index >= 15 is 0 Å².